The molecule has 0 bridgehead atoms. The maximum atomic E-state index is 10.8. The molecule has 0 aliphatic heterocycles. The molecule has 1 aromatic rings. The summed E-state index contributed by atoms with van der Waals surface area (Å²) in [5.74, 6) is -0.866. The van der Waals surface area contributed by atoms with Gasteiger partial charge in [-0.25, -0.2) is 9.78 Å². The number of hydrogen-bond acceptors (Lipinski definition) is 5. The summed E-state index contributed by atoms with van der Waals surface area (Å²) >= 11 is 6.30. The molecule has 3 N–H and O–H groups in total. The second-order valence-electron chi connectivity index (χ2n) is 3.26. The highest BCUT2D eigenvalue weighted by molar-refractivity contribution is 7.13. The zero-order valence-corrected chi connectivity index (χ0v) is 10.1. The third-order valence-electron chi connectivity index (χ3n) is 2.03. The van der Waals surface area contributed by atoms with E-state index in [1.807, 2.05) is 0 Å². The molecular weight excluding hydrogens is 254 g/mol. The minimum absolute atomic E-state index is 0.0760. The van der Waals surface area contributed by atoms with E-state index >= 15 is 0 Å². The van der Waals surface area contributed by atoms with Crippen molar-refractivity contribution in [3.8, 4) is 0 Å². The zero-order chi connectivity index (χ0) is 12.3. The second kappa shape index (κ2) is 5.58. The van der Waals surface area contributed by atoms with E-state index in [4.69, 9.17) is 16.7 Å². The van der Waals surface area contributed by atoms with Crippen LogP contribution in [-0.4, -0.2) is 38.3 Å². The van der Waals surface area contributed by atoms with Gasteiger partial charge in [-0.3, -0.25) is 0 Å². The fourth-order valence-electron chi connectivity index (χ4n) is 1.18. The van der Waals surface area contributed by atoms with E-state index < -0.39 is 18.2 Å². The van der Waals surface area contributed by atoms with Crippen LogP contribution in [0.3, 0.4) is 0 Å². The molecule has 0 fully saturated rings. The molecule has 16 heavy (non-hydrogen) atoms. The molecule has 2 unspecified atom stereocenters. The van der Waals surface area contributed by atoms with Gasteiger partial charge in [0.1, 0.15) is 16.0 Å². The fraction of sp³-hybridized carbons (Fsp3) is 0.556. The van der Waals surface area contributed by atoms with E-state index in [0.29, 0.717) is 5.69 Å². The van der Waals surface area contributed by atoms with Crippen LogP contribution in [0.25, 0.3) is 0 Å². The first kappa shape index (κ1) is 13.4. The number of aliphatic hydroxyl groups is 2. The van der Waals surface area contributed by atoms with Gasteiger partial charge >= 0.3 is 5.97 Å². The standard InChI is InChI=1S/C9H12ClNO4S/c1-4-7(9(14)15)16-8(11-4)6(13)5(12)2-3-10/h5-6,12-13H,2-3H2,1H3,(H,14,15). The number of thiazole rings is 1. The first-order valence-electron chi connectivity index (χ1n) is 4.60. The van der Waals surface area contributed by atoms with Crippen LogP contribution >= 0.6 is 22.9 Å². The van der Waals surface area contributed by atoms with Crippen molar-refractivity contribution in [1.82, 2.24) is 4.98 Å². The minimum Gasteiger partial charge on any atom is -0.477 e. The SMILES string of the molecule is Cc1nc(C(O)C(O)CCCl)sc1C(=O)O. The molecule has 0 aromatic carbocycles. The van der Waals surface area contributed by atoms with Gasteiger partial charge in [-0.2, -0.15) is 0 Å². The van der Waals surface area contributed by atoms with E-state index in [9.17, 15) is 15.0 Å². The number of alkyl halides is 1. The van der Waals surface area contributed by atoms with Crippen molar-refractivity contribution in [2.45, 2.75) is 25.6 Å². The molecule has 0 amide bonds. The summed E-state index contributed by atoms with van der Waals surface area (Å²) in [4.78, 5) is 14.8. The largest absolute Gasteiger partial charge is 0.477 e. The Hall–Kier alpha value is -0.690. The van der Waals surface area contributed by atoms with Gasteiger partial charge in [-0.15, -0.1) is 22.9 Å². The number of halogens is 1. The lowest BCUT2D eigenvalue weighted by Crippen LogP contribution is -2.18. The highest BCUT2D eigenvalue weighted by Gasteiger charge is 2.24. The first-order chi connectivity index (χ1) is 7.47. The molecule has 7 heteroatoms. The Balaban J connectivity index is 2.88. The van der Waals surface area contributed by atoms with Gasteiger partial charge in [0.15, 0.2) is 0 Å². The maximum absolute atomic E-state index is 10.8. The molecule has 90 valence electrons. The topological polar surface area (TPSA) is 90.7 Å². The average Bonchev–Trinajstić information content (AvgIpc) is 2.59. The predicted molar refractivity (Wildman–Crippen MR) is 60.1 cm³/mol. The summed E-state index contributed by atoms with van der Waals surface area (Å²) < 4.78 is 0. The van der Waals surface area contributed by atoms with Crippen molar-refractivity contribution < 1.29 is 20.1 Å². The number of carbonyl (C=O) groups is 1. The highest BCUT2D eigenvalue weighted by Crippen LogP contribution is 2.26. The second-order valence-corrected chi connectivity index (χ2v) is 4.67. The fourth-order valence-corrected chi connectivity index (χ4v) is 2.35. The van der Waals surface area contributed by atoms with E-state index in [0.717, 1.165) is 11.3 Å². The monoisotopic (exact) mass is 265 g/mol. The summed E-state index contributed by atoms with van der Waals surface area (Å²) in [5, 5.41) is 28.2. The van der Waals surface area contributed by atoms with E-state index in [2.05, 4.69) is 4.98 Å². The summed E-state index contributed by atoms with van der Waals surface area (Å²) in [6, 6.07) is 0. The van der Waals surface area contributed by atoms with Crippen LogP contribution in [0.4, 0.5) is 0 Å². The Labute approximate surface area is 101 Å². The van der Waals surface area contributed by atoms with Crippen molar-refractivity contribution in [3.63, 3.8) is 0 Å². The van der Waals surface area contributed by atoms with Crippen molar-refractivity contribution in [2.24, 2.45) is 0 Å². The molecular formula is C9H12ClNO4S. The molecule has 1 rings (SSSR count). The summed E-state index contributed by atoms with van der Waals surface area (Å²) in [7, 11) is 0. The number of carboxylic acid groups (broad SMARTS) is 1. The molecule has 5 nitrogen and oxygen atoms in total. The van der Waals surface area contributed by atoms with Crippen LogP contribution in [0, 0.1) is 6.92 Å². The lowest BCUT2D eigenvalue weighted by atomic mass is 10.1. The molecule has 0 saturated heterocycles. The average molecular weight is 266 g/mol. The van der Waals surface area contributed by atoms with Gasteiger partial charge in [-0.1, -0.05) is 0 Å². The number of nitrogens with zero attached hydrogens (tertiary/aromatic N) is 1. The predicted octanol–water partition coefficient (Wildman–Crippen LogP) is 1.17. The Morgan fingerprint density at radius 2 is 2.19 bits per heavy atom. The molecule has 2 atom stereocenters. The number of hydrogen-bond donors (Lipinski definition) is 3. The Bertz CT molecular complexity index is 382. The first-order valence-corrected chi connectivity index (χ1v) is 5.95. The normalized spacial score (nSPS) is 14.8. The van der Waals surface area contributed by atoms with Crippen molar-refractivity contribution in [3.05, 3.63) is 15.6 Å². The van der Waals surface area contributed by atoms with Crippen LogP contribution < -0.4 is 0 Å². The van der Waals surface area contributed by atoms with Gasteiger partial charge in [0.05, 0.1) is 11.8 Å². The molecule has 0 saturated carbocycles. The van der Waals surface area contributed by atoms with Gasteiger partial charge in [0, 0.05) is 5.88 Å². The van der Waals surface area contributed by atoms with E-state index in [-0.39, 0.29) is 22.2 Å². The number of rotatable bonds is 5. The van der Waals surface area contributed by atoms with Crippen LogP contribution in [-0.2, 0) is 0 Å². The molecule has 0 aliphatic carbocycles. The molecule has 0 radical (unpaired) electrons. The molecule has 0 aliphatic rings. The highest BCUT2D eigenvalue weighted by atomic mass is 35.5. The lowest BCUT2D eigenvalue weighted by molar-refractivity contribution is 0.0168. The van der Waals surface area contributed by atoms with Gasteiger partial charge < -0.3 is 15.3 Å². The van der Waals surface area contributed by atoms with Gasteiger partial charge in [0.25, 0.3) is 0 Å². The Morgan fingerprint density at radius 1 is 1.56 bits per heavy atom. The van der Waals surface area contributed by atoms with Gasteiger partial charge in [-0.05, 0) is 13.3 Å². The Kier molecular flexibility index (Phi) is 4.67. The van der Waals surface area contributed by atoms with Gasteiger partial charge in [0.2, 0.25) is 0 Å². The Morgan fingerprint density at radius 3 is 2.62 bits per heavy atom. The van der Waals surface area contributed by atoms with Crippen molar-refractivity contribution in [2.75, 3.05) is 5.88 Å². The number of aliphatic hydroxyl groups excluding tert-OH is 2. The molecule has 1 heterocycles. The number of aromatic nitrogens is 1. The van der Waals surface area contributed by atoms with Crippen LogP contribution in [0.5, 0.6) is 0 Å². The molecule has 0 spiro atoms. The number of aromatic carboxylic acids is 1. The summed E-state index contributed by atoms with van der Waals surface area (Å²) in [6.45, 7) is 1.55. The third kappa shape index (κ3) is 2.91. The van der Waals surface area contributed by atoms with Crippen LogP contribution in [0.15, 0.2) is 0 Å². The van der Waals surface area contributed by atoms with Crippen LogP contribution in [0.1, 0.15) is 32.9 Å². The van der Waals surface area contributed by atoms with E-state index in [1.165, 1.54) is 0 Å². The zero-order valence-electron chi connectivity index (χ0n) is 8.55. The molecule has 1 aromatic heterocycles. The third-order valence-corrected chi connectivity index (χ3v) is 3.46. The van der Waals surface area contributed by atoms with Crippen LogP contribution in [0.2, 0.25) is 0 Å². The lowest BCUT2D eigenvalue weighted by Gasteiger charge is -2.13. The van der Waals surface area contributed by atoms with Crippen molar-refractivity contribution in [1.29, 1.82) is 0 Å². The number of aryl methyl sites for hydroxylation is 1. The smallest absolute Gasteiger partial charge is 0.347 e. The van der Waals surface area contributed by atoms with E-state index in [1.54, 1.807) is 6.92 Å². The van der Waals surface area contributed by atoms with Crippen molar-refractivity contribution >= 4 is 28.9 Å². The quantitative estimate of drug-likeness (QED) is 0.696. The minimum atomic E-state index is -1.18. The number of carboxylic acids is 1. The maximum Gasteiger partial charge on any atom is 0.347 e. The summed E-state index contributed by atoms with van der Waals surface area (Å²) in [5.41, 5.74) is 0.338. The summed E-state index contributed by atoms with van der Waals surface area (Å²) in [6.07, 6.45) is -1.98.